The molecule has 0 aliphatic carbocycles. The van der Waals surface area contributed by atoms with E-state index in [2.05, 4.69) is 15.3 Å². The van der Waals surface area contributed by atoms with Crippen LogP contribution in [0.4, 0.5) is 5.69 Å². The molecule has 0 saturated heterocycles. The van der Waals surface area contributed by atoms with Gasteiger partial charge in [-0.25, -0.2) is 4.98 Å². The number of aromatic nitrogens is 2. The topological polar surface area (TPSA) is 76.2 Å². The molecular formula is C22H17Cl2N3O3. The van der Waals surface area contributed by atoms with Gasteiger partial charge < -0.3 is 19.8 Å². The maximum absolute atomic E-state index is 12.7. The summed E-state index contributed by atoms with van der Waals surface area (Å²) in [5.74, 6) is 1.59. The normalized spacial score (nSPS) is 10.8. The van der Waals surface area contributed by atoms with Gasteiger partial charge in [-0.2, -0.15) is 0 Å². The highest BCUT2D eigenvalue weighted by Gasteiger charge is 2.13. The number of carbonyl (C=O) groups is 1. The SMILES string of the molecule is COc1ccc(-c2nc3ccc(C(=O)Nc4cc(Cl)ccc4Cl)cc3[nH]2)cc1OC. The zero-order valence-corrected chi connectivity index (χ0v) is 17.6. The van der Waals surface area contributed by atoms with E-state index in [1.807, 2.05) is 18.2 Å². The van der Waals surface area contributed by atoms with Crippen LogP contribution in [0.3, 0.4) is 0 Å². The number of fused-ring (bicyclic) bond motifs is 1. The number of aromatic amines is 1. The van der Waals surface area contributed by atoms with Crippen molar-refractivity contribution in [1.82, 2.24) is 9.97 Å². The summed E-state index contributed by atoms with van der Waals surface area (Å²) in [5.41, 5.74) is 3.20. The van der Waals surface area contributed by atoms with E-state index in [9.17, 15) is 4.79 Å². The molecule has 30 heavy (non-hydrogen) atoms. The van der Waals surface area contributed by atoms with Crippen LogP contribution in [-0.4, -0.2) is 30.1 Å². The molecule has 1 amide bonds. The van der Waals surface area contributed by atoms with Crippen molar-refractivity contribution in [3.8, 4) is 22.9 Å². The Labute approximate surface area is 182 Å². The number of H-pyrrole nitrogens is 1. The largest absolute Gasteiger partial charge is 0.493 e. The van der Waals surface area contributed by atoms with Gasteiger partial charge in [0.1, 0.15) is 5.82 Å². The molecule has 0 saturated carbocycles. The first-order chi connectivity index (χ1) is 14.5. The average molecular weight is 442 g/mol. The zero-order valence-electron chi connectivity index (χ0n) is 16.1. The summed E-state index contributed by atoms with van der Waals surface area (Å²) >= 11 is 12.1. The van der Waals surface area contributed by atoms with Gasteiger partial charge in [-0.05, 0) is 54.6 Å². The van der Waals surface area contributed by atoms with Gasteiger partial charge >= 0.3 is 0 Å². The van der Waals surface area contributed by atoms with E-state index >= 15 is 0 Å². The molecule has 2 N–H and O–H groups in total. The van der Waals surface area contributed by atoms with Crippen molar-refractivity contribution in [3.63, 3.8) is 0 Å². The van der Waals surface area contributed by atoms with Crippen LogP contribution in [0.2, 0.25) is 10.0 Å². The number of rotatable bonds is 5. The lowest BCUT2D eigenvalue weighted by Gasteiger charge is -2.08. The van der Waals surface area contributed by atoms with Gasteiger partial charge in [-0.15, -0.1) is 0 Å². The molecule has 1 aromatic heterocycles. The third-order valence-corrected chi connectivity index (χ3v) is 5.14. The van der Waals surface area contributed by atoms with Crippen LogP contribution in [0.25, 0.3) is 22.4 Å². The minimum atomic E-state index is -0.302. The summed E-state index contributed by atoms with van der Waals surface area (Å²) in [6.45, 7) is 0. The maximum Gasteiger partial charge on any atom is 0.255 e. The van der Waals surface area contributed by atoms with Crippen LogP contribution >= 0.6 is 23.2 Å². The van der Waals surface area contributed by atoms with Crippen LogP contribution in [-0.2, 0) is 0 Å². The Bertz CT molecular complexity index is 1250. The monoisotopic (exact) mass is 441 g/mol. The quantitative estimate of drug-likeness (QED) is 0.409. The molecule has 0 unspecified atom stereocenters. The summed E-state index contributed by atoms with van der Waals surface area (Å²) < 4.78 is 10.6. The summed E-state index contributed by atoms with van der Waals surface area (Å²) in [5, 5.41) is 3.67. The van der Waals surface area contributed by atoms with Crippen molar-refractivity contribution < 1.29 is 14.3 Å². The van der Waals surface area contributed by atoms with Gasteiger partial charge in [0.25, 0.3) is 5.91 Å². The highest BCUT2D eigenvalue weighted by Crippen LogP contribution is 2.32. The smallest absolute Gasteiger partial charge is 0.255 e. The fraction of sp³-hybridized carbons (Fsp3) is 0.0909. The molecular weight excluding hydrogens is 425 g/mol. The van der Waals surface area contributed by atoms with E-state index in [1.165, 1.54) is 0 Å². The van der Waals surface area contributed by atoms with E-state index in [0.29, 0.717) is 38.6 Å². The number of carbonyl (C=O) groups excluding carboxylic acids is 1. The maximum atomic E-state index is 12.7. The first-order valence-corrected chi connectivity index (χ1v) is 9.72. The number of nitrogens with zero attached hydrogens (tertiary/aromatic N) is 1. The number of nitrogens with one attached hydrogen (secondary N) is 2. The predicted molar refractivity (Wildman–Crippen MR) is 119 cm³/mol. The first kappa shape index (κ1) is 20.1. The van der Waals surface area contributed by atoms with Crippen LogP contribution < -0.4 is 14.8 Å². The molecule has 8 heteroatoms. The summed E-state index contributed by atoms with van der Waals surface area (Å²) in [6.07, 6.45) is 0. The van der Waals surface area contributed by atoms with Crippen molar-refractivity contribution in [3.05, 3.63) is 70.2 Å². The summed E-state index contributed by atoms with van der Waals surface area (Å²) in [4.78, 5) is 20.5. The van der Waals surface area contributed by atoms with Gasteiger partial charge in [0.2, 0.25) is 0 Å². The Kier molecular flexibility index (Phi) is 5.53. The van der Waals surface area contributed by atoms with E-state index < -0.39 is 0 Å². The molecule has 152 valence electrons. The second-order valence-electron chi connectivity index (χ2n) is 6.47. The third kappa shape index (κ3) is 3.92. The number of halogens is 2. The van der Waals surface area contributed by atoms with E-state index in [-0.39, 0.29) is 5.91 Å². The first-order valence-electron chi connectivity index (χ1n) is 8.97. The minimum absolute atomic E-state index is 0.302. The molecule has 0 aliphatic heterocycles. The Morgan fingerprint density at radius 2 is 1.77 bits per heavy atom. The second-order valence-corrected chi connectivity index (χ2v) is 7.31. The molecule has 3 aromatic carbocycles. The zero-order chi connectivity index (χ0) is 21.3. The lowest BCUT2D eigenvalue weighted by Crippen LogP contribution is -2.12. The van der Waals surface area contributed by atoms with Crippen LogP contribution in [0.1, 0.15) is 10.4 Å². The van der Waals surface area contributed by atoms with Gasteiger partial charge in [0.15, 0.2) is 11.5 Å². The number of methoxy groups -OCH3 is 2. The predicted octanol–water partition coefficient (Wildman–Crippen LogP) is 5.81. The Morgan fingerprint density at radius 3 is 2.53 bits per heavy atom. The van der Waals surface area contributed by atoms with Crippen molar-refractivity contribution in [2.75, 3.05) is 19.5 Å². The summed E-state index contributed by atoms with van der Waals surface area (Å²) in [7, 11) is 3.17. The summed E-state index contributed by atoms with van der Waals surface area (Å²) in [6, 6.07) is 15.7. The standard InChI is InChI=1S/C22H17Cl2N3O3/c1-29-19-8-4-12(10-20(19)30-2)21-25-16-7-3-13(9-18(16)26-21)22(28)27-17-11-14(23)5-6-15(17)24/h3-11H,1-2H3,(H,25,26)(H,27,28). The number of anilines is 1. The van der Waals surface area contributed by atoms with Gasteiger partial charge in [0.05, 0.1) is 36.0 Å². The number of benzene rings is 3. The molecule has 0 aliphatic rings. The Morgan fingerprint density at radius 1 is 0.967 bits per heavy atom. The molecule has 0 atom stereocenters. The minimum Gasteiger partial charge on any atom is -0.493 e. The second kappa shape index (κ2) is 8.26. The van der Waals surface area contributed by atoms with E-state index in [1.54, 1.807) is 50.6 Å². The highest BCUT2D eigenvalue weighted by molar-refractivity contribution is 6.35. The molecule has 0 spiro atoms. The molecule has 0 fully saturated rings. The molecule has 0 bridgehead atoms. The number of hydrogen-bond donors (Lipinski definition) is 2. The molecule has 1 heterocycles. The van der Waals surface area contributed by atoms with Crippen molar-refractivity contribution in [2.24, 2.45) is 0 Å². The van der Waals surface area contributed by atoms with Crippen LogP contribution in [0.5, 0.6) is 11.5 Å². The number of imidazole rings is 1. The fourth-order valence-electron chi connectivity index (χ4n) is 3.06. The molecule has 4 rings (SSSR count). The van der Waals surface area contributed by atoms with Gasteiger partial charge in [-0.1, -0.05) is 23.2 Å². The molecule has 0 radical (unpaired) electrons. The van der Waals surface area contributed by atoms with Crippen molar-refractivity contribution in [2.45, 2.75) is 0 Å². The lowest BCUT2D eigenvalue weighted by molar-refractivity contribution is 0.102. The third-order valence-electron chi connectivity index (χ3n) is 4.58. The molecule has 6 nitrogen and oxygen atoms in total. The van der Waals surface area contributed by atoms with Crippen LogP contribution in [0, 0.1) is 0 Å². The number of hydrogen-bond acceptors (Lipinski definition) is 4. The van der Waals surface area contributed by atoms with Gasteiger partial charge in [0, 0.05) is 16.1 Å². The van der Waals surface area contributed by atoms with E-state index in [0.717, 1.165) is 16.6 Å². The van der Waals surface area contributed by atoms with Gasteiger partial charge in [-0.3, -0.25) is 4.79 Å². The van der Waals surface area contributed by atoms with E-state index in [4.69, 9.17) is 32.7 Å². The number of ether oxygens (including phenoxy) is 2. The highest BCUT2D eigenvalue weighted by atomic mass is 35.5. The molecule has 4 aromatic rings. The Hall–Kier alpha value is -3.22. The fourth-order valence-corrected chi connectivity index (χ4v) is 3.40. The van der Waals surface area contributed by atoms with Crippen molar-refractivity contribution >= 4 is 45.8 Å². The lowest BCUT2D eigenvalue weighted by atomic mass is 10.2. The Balaban J connectivity index is 1.64. The van der Waals surface area contributed by atoms with Crippen LogP contribution in [0.15, 0.2) is 54.6 Å². The average Bonchev–Trinajstić information content (AvgIpc) is 3.19. The van der Waals surface area contributed by atoms with Crippen molar-refractivity contribution in [1.29, 1.82) is 0 Å². The number of amides is 1.